The van der Waals surface area contributed by atoms with Crippen LogP contribution in [0, 0.1) is 0 Å². The molecule has 5 nitrogen and oxygen atoms in total. The predicted octanol–water partition coefficient (Wildman–Crippen LogP) is 4.12. The van der Waals surface area contributed by atoms with Crippen molar-refractivity contribution in [2.45, 2.75) is 19.1 Å². The first-order chi connectivity index (χ1) is 12.0. The predicted molar refractivity (Wildman–Crippen MR) is 107 cm³/mol. The zero-order chi connectivity index (χ0) is 17.7. The summed E-state index contributed by atoms with van der Waals surface area (Å²) < 4.78 is 7.30. The molecule has 0 bridgehead atoms. The van der Waals surface area contributed by atoms with Crippen LogP contribution in [0.3, 0.4) is 0 Å². The SMILES string of the molecule is COc1c(Br)cc(Br)cc1[C@@H]1NC(=O)c2c(sc3c2CCN(C)C3)N1. The highest BCUT2D eigenvalue weighted by Crippen LogP contribution is 2.43. The van der Waals surface area contributed by atoms with E-state index in [0.717, 1.165) is 44.6 Å². The Labute approximate surface area is 167 Å². The number of hydrogen-bond donors (Lipinski definition) is 2. The average molecular weight is 487 g/mol. The van der Waals surface area contributed by atoms with E-state index in [4.69, 9.17) is 4.74 Å². The van der Waals surface area contributed by atoms with Gasteiger partial charge in [-0.3, -0.25) is 4.79 Å². The number of rotatable bonds is 2. The number of carbonyl (C=O) groups excluding carboxylic acids is 1. The van der Waals surface area contributed by atoms with Gasteiger partial charge >= 0.3 is 0 Å². The fraction of sp³-hybridized carbons (Fsp3) is 0.353. The number of benzene rings is 1. The molecule has 0 radical (unpaired) electrons. The maximum absolute atomic E-state index is 12.8. The van der Waals surface area contributed by atoms with Crippen LogP contribution in [0.2, 0.25) is 0 Å². The Morgan fingerprint density at radius 2 is 2.12 bits per heavy atom. The van der Waals surface area contributed by atoms with Crippen molar-refractivity contribution in [1.82, 2.24) is 10.2 Å². The highest BCUT2D eigenvalue weighted by Gasteiger charge is 2.34. The van der Waals surface area contributed by atoms with E-state index in [1.165, 1.54) is 10.4 Å². The monoisotopic (exact) mass is 485 g/mol. The minimum absolute atomic E-state index is 0.0149. The molecule has 25 heavy (non-hydrogen) atoms. The molecular formula is C17H17Br2N3O2S. The molecule has 2 aliphatic rings. The lowest BCUT2D eigenvalue weighted by atomic mass is 10.0. The Morgan fingerprint density at radius 1 is 1.32 bits per heavy atom. The number of halogens is 2. The van der Waals surface area contributed by atoms with E-state index in [1.54, 1.807) is 18.4 Å². The molecule has 132 valence electrons. The minimum Gasteiger partial charge on any atom is -0.495 e. The number of amides is 1. The largest absolute Gasteiger partial charge is 0.495 e. The van der Waals surface area contributed by atoms with Gasteiger partial charge < -0.3 is 20.3 Å². The lowest BCUT2D eigenvalue weighted by Gasteiger charge is -2.28. The highest BCUT2D eigenvalue weighted by molar-refractivity contribution is 9.11. The molecule has 0 fully saturated rings. The summed E-state index contributed by atoms with van der Waals surface area (Å²) in [7, 11) is 3.75. The van der Waals surface area contributed by atoms with Gasteiger partial charge in [-0.25, -0.2) is 0 Å². The van der Waals surface area contributed by atoms with Crippen molar-refractivity contribution < 1.29 is 9.53 Å². The van der Waals surface area contributed by atoms with Gasteiger partial charge in [0.05, 0.1) is 17.1 Å². The molecule has 1 atom stereocenters. The summed E-state index contributed by atoms with van der Waals surface area (Å²) in [5, 5.41) is 7.53. The van der Waals surface area contributed by atoms with Gasteiger partial charge in [0.25, 0.3) is 5.91 Å². The van der Waals surface area contributed by atoms with Crippen molar-refractivity contribution in [2.24, 2.45) is 0 Å². The van der Waals surface area contributed by atoms with Crippen LogP contribution in [0.5, 0.6) is 5.75 Å². The van der Waals surface area contributed by atoms with Crippen molar-refractivity contribution in [1.29, 1.82) is 0 Å². The second-order valence-corrected chi connectivity index (χ2v) is 9.13. The van der Waals surface area contributed by atoms with Gasteiger partial charge in [0.2, 0.25) is 0 Å². The van der Waals surface area contributed by atoms with E-state index < -0.39 is 0 Å². The van der Waals surface area contributed by atoms with Gasteiger partial charge in [-0.05, 0) is 47.1 Å². The summed E-state index contributed by atoms with van der Waals surface area (Å²) in [6.45, 7) is 1.89. The Morgan fingerprint density at radius 3 is 2.88 bits per heavy atom. The summed E-state index contributed by atoms with van der Waals surface area (Å²) in [5.74, 6) is 0.699. The van der Waals surface area contributed by atoms with Crippen LogP contribution in [0.1, 0.15) is 32.5 Å². The van der Waals surface area contributed by atoms with Crippen LogP contribution in [0.15, 0.2) is 21.1 Å². The maximum atomic E-state index is 12.8. The van der Waals surface area contributed by atoms with E-state index in [0.29, 0.717) is 5.75 Å². The minimum atomic E-state index is -0.332. The van der Waals surface area contributed by atoms with Crippen molar-refractivity contribution >= 4 is 54.1 Å². The molecule has 0 saturated carbocycles. The zero-order valence-electron chi connectivity index (χ0n) is 13.8. The molecule has 8 heteroatoms. The summed E-state index contributed by atoms with van der Waals surface area (Å²) in [6.07, 6.45) is 0.588. The van der Waals surface area contributed by atoms with Crippen LogP contribution in [0.25, 0.3) is 0 Å². The van der Waals surface area contributed by atoms with E-state index >= 15 is 0 Å². The molecule has 4 rings (SSSR count). The molecule has 1 aromatic heterocycles. The molecule has 1 amide bonds. The maximum Gasteiger partial charge on any atom is 0.256 e. The third-order valence-corrected chi connectivity index (χ3v) is 6.77. The lowest BCUT2D eigenvalue weighted by molar-refractivity contribution is 0.0934. The molecule has 2 aromatic rings. The van der Waals surface area contributed by atoms with Gasteiger partial charge in [-0.2, -0.15) is 0 Å². The molecule has 3 heterocycles. The normalized spacial score (nSPS) is 19.7. The van der Waals surface area contributed by atoms with E-state index in [9.17, 15) is 4.79 Å². The Balaban J connectivity index is 1.75. The molecular weight excluding hydrogens is 470 g/mol. The van der Waals surface area contributed by atoms with E-state index in [-0.39, 0.29) is 12.1 Å². The number of nitrogens with zero attached hydrogens (tertiary/aromatic N) is 1. The van der Waals surface area contributed by atoms with Gasteiger partial charge in [-0.15, -0.1) is 11.3 Å². The first-order valence-corrected chi connectivity index (χ1v) is 10.3. The van der Waals surface area contributed by atoms with Crippen LogP contribution < -0.4 is 15.4 Å². The number of ether oxygens (including phenoxy) is 1. The number of carbonyl (C=O) groups is 1. The number of nitrogens with one attached hydrogen (secondary N) is 2. The molecule has 2 N–H and O–H groups in total. The summed E-state index contributed by atoms with van der Waals surface area (Å²) in [5.41, 5.74) is 2.90. The number of methoxy groups -OCH3 is 1. The molecule has 1 aromatic carbocycles. The Bertz CT molecular complexity index is 868. The standard InChI is InChI=1S/C17H17Br2N3O2S/c1-22-4-3-9-12(7-22)25-17-13(9)16(23)20-15(21-17)10-5-8(18)6-11(19)14(10)24-2/h5-6,15,21H,3-4,7H2,1-2H3,(H,20,23)/t15-/m1/s1. The summed E-state index contributed by atoms with van der Waals surface area (Å²) >= 11 is 8.73. The fourth-order valence-corrected chi connectivity index (χ4v) is 6.18. The van der Waals surface area contributed by atoms with Crippen molar-refractivity contribution in [3.63, 3.8) is 0 Å². The lowest BCUT2D eigenvalue weighted by Crippen LogP contribution is -2.39. The fourth-order valence-electron chi connectivity index (χ4n) is 3.41. The van der Waals surface area contributed by atoms with Crippen LogP contribution in [-0.4, -0.2) is 31.5 Å². The molecule has 0 unspecified atom stereocenters. The van der Waals surface area contributed by atoms with Gasteiger partial charge in [-0.1, -0.05) is 15.9 Å². The third-order valence-electron chi connectivity index (χ3n) is 4.58. The average Bonchev–Trinajstić information content (AvgIpc) is 2.91. The van der Waals surface area contributed by atoms with E-state index in [1.807, 2.05) is 12.1 Å². The van der Waals surface area contributed by atoms with Crippen LogP contribution >= 0.6 is 43.2 Å². The van der Waals surface area contributed by atoms with Gasteiger partial charge in [0, 0.05) is 28.0 Å². The number of likely N-dealkylation sites (N-methyl/N-ethyl adjacent to an activating group) is 1. The number of anilines is 1. The zero-order valence-corrected chi connectivity index (χ0v) is 17.8. The van der Waals surface area contributed by atoms with Crippen molar-refractivity contribution in [2.75, 3.05) is 26.0 Å². The quantitative estimate of drug-likeness (QED) is 0.670. The van der Waals surface area contributed by atoms with Crippen LogP contribution in [0.4, 0.5) is 5.00 Å². The van der Waals surface area contributed by atoms with Gasteiger partial charge in [0.1, 0.15) is 16.9 Å². The summed E-state index contributed by atoms with van der Waals surface area (Å²) in [4.78, 5) is 16.4. The smallest absolute Gasteiger partial charge is 0.256 e. The summed E-state index contributed by atoms with van der Waals surface area (Å²) in [6, 6.07) is 3.89. The Kier molecular flexibility index (Phi) is 4.56. The third kappa shape index (κ3) is 2.99. The number of hydrogen-bond acceptors (Lipinski definition) is 5. The number of thiophene rings is 1. The van der Waals surface area contributed by atoms with E-state index in [2.05, 4.69) is 54.4 Å². The molecule has 0 spiro atoms. The van der Waals surface area contributed by atoms with Crippen LogP contribution in [-0.2, 0) is 13.0 Å². The molecule has 0 saturated heterocycles. The molecule has 0 aliphatic carbocycles. The highest BCUT2D eigenvalue weighted by atomic mass is 79.9. The Hall–Kier alpha value is -1.09. The first kappa shape index (κ1) is 17.3. The second-order valence-electron chi connectivity index (χ2n) is 6.26. The van der Waals surface area contributed by atoms with Crippen molar-refractivity contribution in [3.8, 4) is 5.75 Å². The number of fused-ring (bicyclic) bond motifs is 3. The topological polar surface area (TPSA) is 53.6 Å². The first-order valence-electron chi connectivity index (χ1n) is 7.91. The van der Waals surface area contributed by atoms with Gasteiger partial charge in [0.15, 0.2) is 0 Å². The molecule has 2 aliphatic heterocycles. The van der Waals surface area contributed by atoms with Crippen molar-refractivity contribution in [3.05, 3.63) is 42.6 Å². The second kappa shape index (κ2) is 6.57.